The van der Waals surface area contributed by atoms with Gasteiger partial charge in [0.1, 0.15) is 17.5 Å². The van der Waals surface area contributed by atoms with Crippen molar-refractivity contribution in [2.24, 2.45) is 0 Å². The van der Waals surface area contributed by atoms with Crippen LogP contribution in [0.5, 0.6) is 0 Å². The molecule has 2 aromatic heterocycles. The predicted molar refractivity (Wildman–Crippen MR) is 131 cm³/mol. The lowest BCUT2D eigenvalue weighted by molar-refractivity contribution is 0.193. The van der Waals surface area contributed by atoms with Gasteiger partial charge in [-0.25, -0.2) is 17.8 Å². The Labute approximate surface area is 208 Å². The van der Waals surface area contributed by atoms with Crippen molar-refractivity contribution in [2.45, 2.75) is 44.8 Å². The number of anilines is 1. The van der Waals surface area contributed by atoms with Gasteiger partial charge < -0.3 is 4.90 Å². The molecule has 5 heterocycles. The number of benzene rings is 1. The highest BCUT2D eigenvalue weighted by molar-refractivity contribution is 7.92. The molecule has 1 aromatic carbocycles. The van der Waals surface area contributed by atoms with E-state index in [9.17, 15) is 12.8 Å². The van der Waals surface area contributed by atoms with Crippen molar-refractivity contribution < 1.29 is 12.8 Å². The number of rotatable bonds is 3. The van der Waals surface area contributed by atoms with E-state index in [2.05, 4.69) is 29.5 Å². The van der Waals surface area contributed by atoms with Crippen LogP contribution in [0.1, 0.15) is 41.5 Å². The summed E-state index contributed by atoms with van der Waals surface area (Å²) in [6, 6.07) is 7.63. The molecule has 3 aliphatic rings. The lowest BCUT2D eigenvalue weighted by Gasteiger charge is -2.35. The molecule has 0 N–H and O–H groups in total. The van der Waals surface area contributed by atoms with E-state index in [0.29, 0.717) is 23.7 Å². The van der Waals surface area contributed by atoms with Gasteiger partial charge in [-0.3, -0.25) is 9.47 Å². The predicted octanol–water partition coefficient (Wildman–Crippen LogP) is 3.26. The summed E-state index contributed by atoms with van der Waals surface area (Å²) in [5.41, 5.74) is 2.65. The van der Waals surface area contributed by atoms with Crippen LogP contribution >= 0.6 is 11.6 Å². The van der Waals surface area contributed by atoms with Gasteiger partial charge in [0.05, 0.1) is 29.9 Å². The van der Waals surface area contributed by atoms with Crippen LogP contribution in [-0.4, -0.2) is 63.7 Å². The number of fused-ring (bicyclic) bond motifs is 3. The molecule has 6 rings (SSSR count). The zero-order valence-corrected chi connectivity index (χ0v) is 20.9. The van der Waals surface area contributed by atoms with Crippen LogP contribution in [0.2, 0.25) is 5.02 Å². The SMILES string of the molecule is Cc1cc(N2CCC(c3nnc4n3-c3ccc(Cl)cc3CN(C3CS(=O)(=O)C3)C4)CC2)ncc1F. The number of aryl methyl sites for hydroxylation is 1. The van der Waals surface area contributed by atoms with Gasteiger partial charge in [0, 0.05) is 36.6 Å². The summed E-state index contributed by atoms with van der Waals surface area (Å²) in [7, 11) is -2.94. The topological polar surface area (TPSA) is 84.2 Å². The smallest absolute Gasteiger partial charge is 0.153 e. The summed E-state index contributed by atoms with van der Waals surface area (Å²) in [5.74, 6) is 2.83. The Bertz CT molecular complexity index is 1390. The first-order valence-corrected chi connectivity index (χ1v) is 14.0. The number of pyridine rings is 1. The van der Waals surface area contributed by atoms with Crippen LogP contribution in [0, 0.1) is 12.7 Å². The first-order chi connectivity index (χ1) is 16.8. The van der Waals surface area contributed by atoms with E-state index >= 15 is 0 Å². The van der Waals surface area contributed by atoms with Crippen LogP contribution in [0.15, 0.2) is 30.5 Å². The minimum atomic E-state index is -2.94. The number of aromatic nitrogens is 4. The zero-order chi connectivity index (χ0) is 24.3. The monoisotopic (exact) mass is 516 g/mol. The van der Waals surface area contributed by atoms with E-state index in [0.717, 1.165) is 54.6 Å². The number of hydrogen-bond donors (Lipinski definition) is 0. The molecule has 0 atom stereocenters. The van der Waals surface area contributed by atoms with E-state index in [1.54, 1.807) is 13.0 Å². The lowest BCUT2D eigenvalue weighted by atomic mass is 9.95. The minimum absolute atomic E-state index is 0.0200. The Morgan fingerprint density at radius 2 is 1.86 bits per heavy atom. The minimum Gasteiger partial charge on any atom is -0.357 e. The highest BCUT2D eigenvalue weighted by Crippen LogP contribution is 2.35. The standard InChI is InChI=1S/C24H26ClFN6O2S/c1-15-8-22(27-10-20(15)26)30-6-4-16(5-7-30)24-29-28-23-12-31(19-13-35(33,34)14-19)11-17-9-18(25)2-3-21(17)32(23)24/h2-3,8-10,16,19H,4-7,11-14H2,1H3. The first-order valence-electron chi connectivity index (χ1n) is 11.8. The highest BCUT2D eigenvalue weighted by atomic mass is 35.5. The molecular weight excluding hydrogens is 491 g/mol. The van der Waals surface area contributed by atoms with Crippen molar-refractivity contribution in [1.82, 2.24) is 24.6 Å². The second-order valence-corrected chi connectivity index (χ2v) is 12.4. The summed E-state index contributed by atoms with van der Waals surface area (Å²) in [4.78, 5) is 8.65. The van der Waals surface area contributed by atoms with Gasteiger partial charge in [-0.1, -0.05) is 11.6 Å². The average molecular weight is 517 g/mol. The number of halogens is 2. The molecule has 0 radical (unpaired) electrons. The molecule has 3 aromatic rings. The largest absolute Gasteiger partial charge is 0.357 e. The van der Waals surface area contributed by atoms with E-state index in [4.69, 9.17) is 11.6 Å². The molecule has 35 heavy (non-hydrogen) atoms. The third kappa shape index (κ3) is 4.21. The van der Waals surface area contributed by atoms with Crippen molar-refractivity contribution in [3.63, 3.8) is 0 Å². The maximum absolute atomic E-state index is 13.7. The van der Waals surface area contributed by atoms with Gasteiger partial charge in [-0.05, 0) is 55.2 Å². The van der Waals surface area contributed by atoms with Gasteiger partial charge in [0.25, 0.3) is 0 Å². The fraction of sp³-hybridized carbons (Fsp3) is 0.458. The zero-order valence-electron chi connectivity index (χ0n) is 19.4. The number of sulfone groups is 1. The van der Waals surface area contributed by atoms with Gasteiger partial charge in [0.2, 0.25) is 0 Å². The number of piperidine rings is 1. The van der Waals surface area contributed by atoms with E-state index < -0.39 is 9.84 Å². The quantitative estimate of drug-likeness (QED) is 0.528. The van der Waals surface area contributed by atoms with Crippen LogP contribution < -0.4 is 4.90 Å². The molecule has 2 fully saturated rings. The lowest BCUT2D eigenvalue weighted by Crippen LogP contribution is -2.52. The molecule has 8 nitrogen and oxygen atoms in total. The molecule has 0 aliphatic carbocycles. The first kappa shape index (κ1) is 22.9. The van der Waals surface area contributed by atoms with Crippen molar-refractivity contribution in [3.05, 3.63) is 64.1 Å². The van der Waals surface area contributed by atoms with E-state index in [-0.39, 0.29) is 29.3 Å². The highest BCUT2D eigenvalue weighted by Gasteiger charge is 2.40. The van der Waals surface area contributed by atoms with Crippen molar-refractivity contribution in [3.8, 4) is 5.69 Å². The molecule has 0 spiro atoms. The van der Waals surface area contributed by atoms with Gasteiger partial charge in [0.15, 0.2) is 15.7 Å². The van der Waals surface area contributed by atoms with Crippen molar-refractivity contribution >= 4 is 27.3 Å². The average Bonchev–Trinajstić information content (AvgIpc) is 3.15. The summed E-state index contributed by atoms with van der Waals surface area (Å²) >= 11 is 6.35. The Balaban J connectivity index is 1.28. The van der Waals surface area contributed by atoms with Crippen molar-refractivity contribution in [2.75, 3.05) is 29.5 Å². The molecule has 184 valence electrons. The second-order valence-electron chi connectivity index (χ2n) is 9.77. The summed E-state index contributed by atoms with van der Waals surface area (Å²) < 4.78 is 39.5. The van der Waals surface area contributed by atoms with E-state index in [1.807, 2.05) is 18.2 Å². The van der Waals surface area contributed by atoms with Crippen molar-refractivity contribution in [1.29, 1.82) is 0 Å². The van der Waals surface area contributed by atoms with Gasteiger partial charge in [-0.2, -0.15) is 0 Å². The number of nitrogens with zero attached hydrogens (tertiary/aromatic N) is 6. The molecule has 0 amide bonds. The van der Waals surface area contributed by atoms with Crippen LogP contribution in [0.4, 0.5) is 10.2 Å². The Kier molecular flexibility index (Phi) is 5.58. The summed E-state index contributed by atoms with van der Waals surface area (Å²) in [6.45, 7) is 4.50. The van der Waals surface area contributed by atoms with E-state index in [1.165, 1.54) is 6.20 Å². The maximum Gasteiger partial charge on any atom is 0.153 e. The molecule has 0 unspecified atom stereocenters. The summed E-state index contributed by atoms with van der Waals surface area (Å²) in [5, 5.41) is 9.84. The fourth-order valence-corrected chi connectivity index (χ4v) is 7.08. The van der Waals surface area contributed by atoms with Crippen LogP contribution in [-0.2, 0) is 22.9 Å². The molecule has 11 heteroatoms. The Morgan fingerprint density at radius 3 is 2.57 bits per heavy atom. The van der Waals surface area contributed by atoms with Crippen LogP contribution in [0.3, 0.4) is 0 Å². The molecule has 3 aliphatic heterocycles. The maximum atomic E-state index is 13.7. The third-order valence-electron chi connectivity index (χ3n) is 7.38. The molecule has 0 saturated carbocycles. The second kappa shape index (κ2) is 8.53. The van der Waals surface area contributed by atoms with Gasteiger partial charge >= 0.3 is 0 Å². The third-order valence-corrected chi connectivity index (χ3v) is 9.40. The fourth-order valence-electron chi connectivity index (χ4n) is 5.39. The molecule has 2 saturated heterocycles. The molecular formula is C24H26ClFN6O2S. The normalized spacial score (nSPS) is 20.7. The number of hydrogen-bond acceptors (Lipinski definition) is 7. The van der Waals surface area contributed by atoms with Crippen LogP contribution in [0.25, 0.3) is 5.69 Å². The molecule has 0 bridgehead atoms. The Morgan fingerprint density at radius 1 is 1.09 bits per heavy atom. The Hall–Kier alpha value is -2.56. The van der Waals surface area contributed by atoms with Gasteiger partial charge in [-0.15, -0.1) is 10.2 Å². The summed E-state index contributed by atoms with van der Waals surface area (Å²) in [6.07, 6.45) is 3.05.